The summed E-state index contributed by atoms with van der Waals surface area (Å²) in [6, 6.07) is 1.28. The third-order valence-electron chi connectivity index (χ3n) is 4.27. The van der Waals surface area contributed by atoms with Crippen LogP contribution in [0.4, 0.5) is 18.3 Å². The predicted molar refractivity (Wildman–Crippen MR) is 97.0 cm³/mol. The van der Waals surface area contributed by atoms with Crippen LogP contribution in [0.2, 0.25) is 5.02 Å². The van der Waals surface area contributed by atoms with E-state index in [0.717, 1.165) is 16.7 Å². The van der Waals surface area contributed by atoms with Crippen LogP contribution in [-0.2, 0) is 11.3 Å². The van der Waals surface area contributed by atoms with E-state index >= 15 is 0 Å². The quantitative estimate of drug-likeness (QED) is 0.791. The highest BCUT2D eigenvalue weighted by Crippen LogP contribution is 2.40. The molecule has 1 aromatic carbocycles. The number of alkyl halides is 3. The van der Waals surface area contributed by atoms with Gasteiger partial charge in [0.25, 0.3) is 5.91 Å². The number of aryl methyl sites for hydroxylation is 1. The van der Waals surface area contributed by atoms with E-state index in [0.29, 0.717) is 22.0 Å². The number of hydrogen-bond donors (Lipinski definition) is 1. The zero-order valence-electron chi connectivity index (χ0n) is 14.6. The van der Waals surface area contributed by atoms with Crippen molar-refractivity contribution in [1.29, 1.82) is 0 Å². The Hall–Kier alpha value is -2.13. The van der Waals surface area contributed by atoms with E-state index in [1.807, 2.05) is 0 Å². The standard InChI is InChI=1S/C17H15ClF3N3O2S/c1-7-14(27-16(22-7)23-9(3)25)10-4-11-6-24(8(2)17(19,20)21)15(26)13(11)12(18)5-10/h4-5,8H,6H2,1-3H3,(H,22,23,25). The van der Waals surface area contributed by atoms with Crippen LogP contribution in [0.3, 0.4) is 0 Å². The normalized spacial score (nSPS) is 15.1. The summed E-state index contributed by atoms with van der Waals surface area (Å²) in [5.41, 5.74) is 1.82. The first-order valence-corrected chi connectivity index (χ1v) is 9.14. The number of amides is 2. The zero-order valence-corrected chi connectivity index (χ0v) is 16.1. The molecule has 1 N–H and O–H groups in total. The van der Waals surface area contributed by atoms with Crippen molar-refractivity contribution < 1.29 is 22.8 Å². The Kier molecular flexibility index (Phi) is 4.94. The number of aromatic nitrogens is 1. The third-order valence-corrected chi connectivity index (χ3v) is 5.69. The van der Waals surface area contributed by atoms with Gasteiger partial charge in [-0.2, -0.15) is 13.2 Å². The molecule has 3 rings (SSSR count). The smallest absolute Gasteiger partial charge is 0.322 e. The number of benzene rings is 1. The van der Waals surface area contributed by atoms with Gasteiger partial charge in [-0.15, -0.1) is 0 Å². The van der Waals surface area contributed by atoms with Gasteiger partial charge in [-0.25, -0.2) is 4.98 Å². The second-order valence-electron chi connectivity index (χ2n) is 6.26. The largest absolute Gasteiger partial charge is 0.408 e. The summed E-state index contributed by atoms with van der Waals surface area (Å²) in [7, 11) is 0. The molecule has 5 nitrogen and oxygen atoms in total. The van der Waals surface area contributed by atoms with Gasteiger partial charge in [0.2, 0.25) is 5.91 Å². The number of nitrogens with zero attached hydrogens (tertiary/aromatic N) is 2. The van der Waals surface area contributed by atoms with Crippen molar-refractivity contribution in [3.05, 3.63) is 34.0 Å². The molecule has 2 heterocycles. The van der Waals surface area contributed by atoms with Crippen molar-refractivity contribution in [3.8, 4) is 10.4 Å². The Morgan fingerprint density at radius 1 is 1.41 bits per heavy atom. The van der Waals surface area contributed by atoms with E-state index in [-0.39, 0.29) is 23.0 Å². The molecule has 0 spiro atoms. The lowest BCUT2D eigenvalue weighted by Crippen LogP contribution is -2.43. The lowest BCUT2D eigenvalue weighted by Gasteiger charge is -2.26. The topological polar surface area (TPSA) is 62.3 Å². The minimum atomic E-state index is -4.52. The van der Waals surface area contributed by atoms with E-state index in [9.17, 15) is 22.8 Å². The molecule has 0 fully saturated rings. The number of thiazole rings is 1. The summed E-state index contributed by atoms with van der Waals surface area (Å²) in [6.45, 7) is 3.90. The first kappa shape index (κ1) is 19.6. The lowest BCUT2D eigenvalue weighted by atomic mass is 10.0. The number of carbonyl (C=O) groups excluding carboxylic acids is 2. The number of anilines is 1. The molecular formula is C17H15ClF3N3O2S. The summed E-state index contributed by atoms with van der Waals surface area (Å²) in [5, 5.41) is 3.10. The number of hydrogen-bond acceptors (Lipinski definition) is 4. The van der Waals surface area contributed by atoms with Gasteiger partial charge in [-0.05, 0) is 37.1 Å². The maximum atomic E-state index is 13.0. The Bertz CT molecular complexity index is 942. The molecule has 0 aliphatic carbocycles. The zero-order chi connectivity index (χ0) is 20.1. The fraction of sp³-hybridized carbons (Fsp3) is 0.353. The van der Waals surface area contributed by atoms with Crippen LogP contribution in [-0.4, -0.2) is 33.9 Å². The van der Waals surface area contributed by atoms with E-state index in [1.165, 1.54) is 24.3 Å². The van der Waals surface area contributed by atoms with Crippen LogP contribution in [0.5, 0.6) is 0 Å². The summed E-state index contributed by atoms with van der Waals surface area (Å²) in [5.74, 6) is -0.990. The molecule has 0 bridgehead atoms. The van der Waals surface area contributed by atoms with E-state index in [4.69, 9.17) is 11.6 Å². The predicted octanol–water partition coefficient (Wildman–Crippen LogP) is 4.64. The molecule has 27 heavy (non-hydrogen) atoms. The molecule has 1 unspecified atom stereocenters. The molecule has 2 aromatic rings. The van der Waals surface area contributed by atoms with Gasteiger partial charge >= 0.3 is 6.18 Å². The summed E-state index contributed by atoms with van der Waals surface area (Å²) >= 11 is 7.46. The number of nitrogens with one attached hydrogen (secondary N) is 1. The number of carbonyl (C=O) groups is 2. The average Bonchev–Trinajstić information content (AvgIpc) is 3.05. The molecule has 2 amide bonds. The molecular weight excluding hydrogens is 403 g/mol. The van der Waals surface area contributed by atoms with Gasteiger partial charge in [0.1, 0.15) is 6.04 Å². The molecule has 144 valence electrons. The summed E-state index contributed by atoms with van der Waals surface area (Å²) < 4.78 is 39.1. The lowest BCUT2D eigenvalue weighted by molar-refractivity contribution is -0.172. The summed E-state index contributed by atoms with van der Waals surface area (Å²) in [4.78, 5) is 29.4. The molecule has 1 atom stereocenters. The minimum Gasteiger partial charge on any atom is -0.322 e. The fourth-order valence-electron chi connectivity index (χ4n) is 2.92. The van der Waals surface area contributed by atoms with Crippen LogP contribution in [0.15, 0.2) is 12.1 Å². The van der Waals surface area contributed by atoms with Crippen molar-refractivity contribution in [3.63, 3.8) is 0 Å². The van der Waals surface area contributed by atoms with Gasteiger partial charge in [0.05, 0.1) is 21.2 Å². The highest BCUT2D eigenvalue weighted by atomic mass is 35.5. The van der Waals surface area contributed by atoms with E-state index < -0.39 is 18.1 Å². The Morgan fingerprint density at radius 3 is 2.67 bits per heavy atom. The maximum absolute atomic E-state index is 13.0. The van der Waals surface area contributed by atoms with Crippen LogP contribution in [0, 0.1) is 6.92 Å². The van der Waals surface area contributed by atoms with Crippen molar-refractivity contribution >= 4 is 39.9 Å². The van der Waals surface area contributed by atoms with Gasteiger partial charge < -0.3 is 10.2 Å². The van der Waals surface area contributed by atoms with Crippen LogP contribution >= 0.6 is 22.9 Å². The molecule has 0 saturated carbocycles. The van der Waals surface area contributed by atoms with Crippen molar-refractivity contribution in [2.45, 2.75) is 39.5 Å². The summed E-state index contributed by atoms with van der Waals surface area (Å²) in [6.07, 6.45) is -4.52. The van der Waals surface area contributed by atoms with E-state index in [1.54, 1.807) is 13.0 Å². The molecule has 1 aliphatic rings. The van der Waals surface area contributed by atoms with Crippen LogP contribution in [0.25, 0.3) is 10.4 Å². The number of rotatable bonds is 3. The van der Waals surface area contributed by atoms with Gasteiger partial charge in [-0.1, -0.05) is 22.9 Å². The Balaban J connectivity index is 1.99. The highest BCUT2D eigenvalue weighted by Gasteiger charge is 2.45. The van der Waals surface area contributed by atoms with Gasteiger partial charge in [0, 0.05) is 13.5 Å². The maximum Gasteiger partial charge on any atom is 0.408 e. The minimum absolute atomic E-state index is 0.0956. The van der Waals surface area contributed by atoms with Crippen LogP contribution in [0.1, 0.15) is 35.5 Å². The van der Waals surface area contributed by atoms with E-state index in [2.05, 4.69) is 10.3 Å². The third kappa shape index (κ3) is 3.66. The van der Waals surface area contributed by atoms with Crippen LogP contribution < -0.4 is 5.32 Å². The van der Waals surface area contributed by atoms with Crippen molar-refractivity contribution in [2.24, 2.45) is 0 Å². The second kappa shape index (κ2) is 6.79. The van der Waals surface area contributed by atoms with Gasteiger partial charge in [0.15, 0.2) is 5.13 Å². The number of halogens is 4. The Morgan fingerprint density at radius 2 is 2.07 bits per heavy atom. The van der Waals surface area contributed by atoms with Gasteiger partial charge in [-0.3, -0.25) is 9.59 Å². The SMILES string of the molecule is CC(=O)Nc1nc(C)c(-c2cc(Cl)c3c(c2)CN(C(C)C(F)(F)F)C3=O)s1. The molecule has 0 radical (unpaired) electrons. The number of fused-ring (bicyclic) bond motifs is 1. The molecule has 10 heteroatoms. The molecule has 1 aromatic heterocycles. The first-order chi connectivity index (χ1) is 12.5. The van der Waals surface area contributed by atoms with Crippen molar-refractivity contribution in [2.75, 3.05) is 5.32 Å². The highest BCUT2D eigenvalue weighted by molar-refractivity contribution is 7.19. The fourth-order valence-corrected chi connectivity index (χ4v) is 4.24. The molecule has 1 aliphatic heterocycles. The second-order valence-corrected chi connectivity index (χ2v) is 7.66. The monoisotopic (exact) mass is 417 g/mol. The molecule has 0 saturated heterocycles. The Labute approximate surface area is 162 Å². The average molecular weight is 418 g/mol. The van der Waals surface area contributed by atoms with Crippen molar-refractivity contribution in [1.82, 2.24) is 9.88 Å². The first-order valence-electron chi connectivity index (χ1n) is 7.94.